The molecular weight excluding hydrogens is 465 g/mol. The molecule has 0 aromatic heterocycles. The average molecular weight is 490 g/mol. The van der Waals surface area contributed by atoms with E-state index in [2.05, 4.69) is 0 Å². The lowest BCUT2D eigenvalue weighted by Crippen LogP contribution is -2.60. The molecule has 0 bridgehead atoms. The van der Waals surface area contributed by atoms with Crippen LogP contribution in [0.2, 0.25) is 0 Å². The van der Waals surface area contributed by atoms with Crippen molar-refractivity contribution in [2.24, 2.45) is 0 Å². The number of carbonyl (C=O) groups excluding carboxylic acids is 1. The lowest BCUT2D eigenvalue weighted by molar-refractivity contribution is -0.134. The van der Waals surface area contributed by atoms with Crippen molar-refractivity contribution in [2.45, 2.75) is 18.4 Å². The Balaban J connectivity index is 0.00000363. The third kappa shape index (κ3) is 5.61. The van der Waals surface area contributed by atoms with Gasteiger partial charge in [-0.25, -0.2) is 26.7 Å². The molecule has 1 aliphatic heterocycles. The van der Waals surface area contributed by atoms with Crippen LogP contribution in [0.4, 0.5) is 4.39 Å². The lowest BCUT2D eigenvalue weighted by atomic mass is 10.2. The van der Waals surface area contributed by atoms with Crippen molar-refractivity contribution in [3.8, 4) is 11.5 Å². The Labute approximate surface area is 186 Å². The molecule has 0 saturated carbocycles. The number of ether oxygens (including phenoxy) is 1. The van der Waals surface area contributed by atoms with Gasteiger partial charge in [0.25, 0.3) is 5.91 Å². The molecule has 1 atom stereocenters. The second kappa shape index (κ2) is 9.92. The summed E-state index contributed by atoms with van der Waals surface area (Å²) in [5.74, 6) is -0.815. The summed E-state index contributed by atoms with van der Waals surface area (Å²) in [6, 6.07) is 9.14. The first kappa shape index (κ1) is 25.7. The summed E-state index contributed by atoms with van der Waals surface area (Å²) in [7, 11) is -7.86. The number of carbonyl (C=O) groups is 1. The third-order valence-electron chi connectivity index (χ3n) is 4.66. The first-order chi connectivity index (χ1) is 14.5. The lowest BCUT2D eigenvalue weighted by Gasteiger charge is -2.38. The number of amides is 1. The maximum Gasteiger partial charge on any atom is 0.263 e. The molecule has 0 unspecified atom stereocenters. The van der Waals surface area contributed by atoms with E-state index in [1.165, 1.54) is 54.0 Å². The average Bonchev–Trinajstić information content (AvgIpc) is 2.74. The molecule has 3 rings (SSSR count). The molecule has 0 aliphatic carbocycles. The van der Waals surface area contributed by atoms with Crippen molar-refractivity contribution in [3.05, 3.63) is 54.3 Å². The van der Waals surface area contributed by atoms with Gasteiger partial charge in [-0.1, -0.05) is 7.43 Å². The van der Waals surface area contributed by atoms with E-state index in [9.17, 15) is 26.0 Å². The Bertz CT molecular complexity index is 1150. The highest BCUT2D eigenvalue weighted by atomic mass is 32.2. The molecule has 1 fully saturated rings. The Morgan fingerprint density at radius 1 is 1.03 bits per heavy atom. The topological polar surface area (TPSA) is 133 Å². The second-order valence-corrected chi connectivity index (χ2v) is 10.6. The maximum absolute atomic E-state index is 13.1. The van der Waals surface area contributed by atoms with Gasteiger partial charge in [-0.15, -0.1) is 0 Å². The molecule has 1 heterocycles. The standard InChI is InChI=1S/C18H20FN3O7S2.CH4/c1-30(25,26)21-10-11-22(17(12-21)18(23)20-24)31(27,28)16-8-6-15(7-9-16)29-14-4-2-13(19)3-5-14;/h2-9,17,24H,10-12H2,1H3,(H,20,23);1H4/t17-;/m1./s1. The van der Waals surface area contributed by atoms with Gasteiger partial charge in [0.15, 0.2) is 0 Å². The number of rotatable bonds is 6. The van der Waals surface area contributed by atoms with Gasteiger partial charge in [0.2, 0.25) is 20.0 Å². The van der Waals surface area contributed by atoms with Crippen LogP contribution in [-0.2, 0) is 24.8 Å². The van der Waals surface area contributed by atoms with E-state index in [-0.39, 0.29) is 25.4 Å². The van der Waals surface area contributed by atoms with E-state index in [1.54, 1.807) is 0 Å². The SMILES string of the molecule is C.CS(=O)(=O)N1CCN(S(=O)(=O)c2ccc(Oc3ccc(F)cc3)cc2)[C@@H](C(=O)NO)C1. The number of piperazine rings is 1. The minimum Gasteiger partial charge on any atom is -0.457 e. The number of hydrogen-bond acceptors (Lipinski definition) is 7. The summed E-state index contributed by atoms with van der Waals surface area (Å²) >= 11 is 0. The van der Waals surface area contributed by atoms with Gasteiger partial charge in [-0.05, 0) is 48.5 Å². The van der Waals surface area contributed by atoms with E-state index < -0.39 is 44.4 Å². The van der Waals surface area contributed by atoms with Crippen molar-refractivity contribution < 1.29 is 36.0 Å². The van der Waals surface area contributed by atoms with Crippen LogP contribution in [0.1, 0.15) is 7.43 Å². The van der Waals surface area contributed by atoms with Gasteiger partial charge in [-0.2, -0.15) is 8.61 Å². The van der Waals surface area contributed by atoms with Gasteiger partial charge < -0.3 is 4.74 Å². The quantitative estimate of drug-likeness (QED) is 0.463. The molecule has 2 aromatic carbocycles. The Morgan fingerprint density at radius 2 is 1.56 bits per heavy atom. The molecule has 176 valence electrons. The molecule has 10 nitrogen and oxygen atoms in total. The van der Waals surface area contributed by atoms with Crippen LogP contribution in [0.3, 0.4) is 0 Å². The Hall–Kier alpha value is -2.58. The maximum atomic E-state index is 13.1. The zero-order valence-corrected chi connectivity index (χ0v) is 17.9. The van der Waals surface area contributed by atoms with Crippen molar-refractivity contribution in [2.75, 3.05) is 25.9 Å². The number of sulfonamides is 2. The summed E-state index contributed by atoms with van der Waals surface area (Å²) in [6.45, 7) is -0.851. The number of hydrogen-bond donors (Lipinski definition) is 2. The van der Waals surface area contributed by atoms with Crippen LogP contribution in [0.25, 0.3) is 0 Å². The first-order valence-electron chi connectivity index (χ1n) is 8.97. The van der Waals surface area contributed by atoms with Gasteiger partial charge in [0.1, 0.15) is 23.4 Å². The van der Waals surface area contributed by atoms with E-state index >= 15 is 0 Å². The monoisotopic (exact) mass is 489 g/mol. The van der Waals surface area contributed by atoms with Crippen LogP contribution >= 0.6 is 0 Å². The minimum atomic E-state index is -4.20. The van der Waals surface area contributed by atoms with Crippen LogP contribution < -0.4 is 10.2 Å². The molecule has 0 radical (unpaired) electrons. The van der Waals surface area contributed by atoms with E-state index in [1.807, 2.05) is 0 Å². The van der Waals surface area contributed by atoms with Gasteiger partial charge in [0.05, 0.1) is 11.2 Å². The zero-order chi connectivity index (χ0) is 22.8. The van der Waals surface area contributed by atoms with Gasteiger partial charge in [0, 0.05) is 19.6 Å². The largest absolute Gasteiger partial charge is 0.457 e. The summed E-state index contributed by atoms with van der Waals surface area (Å²) in [5.41, 5.74) is 1.39. The fourth-order valence-electron chi connectivity index (χ4n) is 3.07. The smallest absolute Gasteiger partial charge is 0.263 e. The Kier molecular flexibility index (Phi) is 7.96. The van der Waals surface area contributed by atoms with Crippen LogP contribution in [0, 0.1) is 5.82 Å². The fourth-order valence-corrected chi connectivity index (χ4v) is 5.47. The minimum absolute atomic E-state index is 0. The normalized spacial score (nSPS) is 17.9. The molecule has 2 N–H and O–H groups in total. The summed E-state index contributed by atoms with van der Waals surface area (Å²) in [5, 5.41) is 8.99. The molecular formula is C19H24FN3O7S2. The zero-order valence-electron chi connectivity index (χ0n) is 16.3. The molecule has 1 aliphatic rings. The van der Waals surface area contributed by atoms with E-state index in [0.717, 1.165) is 14.9 Å². The van der Waals surface area contributed by atoms with Crippen molar-refractivity contribution in [1.29, 1.82) is 0 Å². The molecule has 1 amide bonds. The number of hydroxylamine groups is 1. The van der Waals surface area contributed by atoms with Crippen LogP contribution in [-0.4, -0.2) is 68.5 Å². The summed E-state index contributed by atoms with van der Waals surface area (Å²) < 4.78 is 70.1. The van der Waals surface area contributed by atoms with Crippen LogP contribution in [0.15, 0.2) is 53.4 Å². The van der Waals surface area contributed by atoms with Crippen LogP contribution in [0.5, 0.6) is 11.5 Å². The van der Waals surface area contributed by atoms with E-state index in [4.69, 9.17) is 9.94 Å². The number of nitrogens with one attached hydrogen (secondary N) is 1. The third-order valence-corrected chi connectivity index (χ3v) is 7.85. The highest BCUT2D eigenvalue weighted by Crippen LogP contribution is 2.27. The van der Waals surface area contributed by atoms with Crippen molar-refractivity contribution >= 4 is 26.0 Å². The van der Waals surface area contributed by atoms with Crippen molar-refractivity contribution in [3.63, 3.8) is 0 Å². The highest BCUT2D eigenvalue weighted by molar-refractivity contribution is 7.89. The van der Waals surface area contributed by atoms with Gasteiger partial charge in [-0.3, -0.25) is 10.0 Å². The summed E-state index contributed by atoms with van der Waals surface area (Å²) in [4.78, 5) is 11.9. The number of nitrogens with zero attached hydrogens (tertiary/aromatic N) is 2. The molecule has 2 aromatic rings. The molecule has 0 spiro atoms. The molecule has 13 heteroatoms. The predicted molar refractivity (Wildman–Crippen MR) is 114 cm³/mol. The van der Waals surface area contributed by atoms with Crippen molar-refractivity contribution in [1.82, 2.24) is 14.1 Å². The first-order valence-corrected chi connectivity index (χ1v) is 12.3. The molecule has 32 heavy (non-hydrogen) atoms. The number of halogens is 1. The second-order valence-electron chi connectivity index (χ2n) is 6.76. The summed E-state index contributed by atoms with van der Waals surface area (Å²) in [6.07, 6.45) is 0.949. The molecule has 1 saturated heterocycles. The number of benzene rings is 2. The van der Waals surface area contributed by atoms with Gasteiger partial charge >= 0.3 is 0 Å². The fraction of sp³-hybridized carbons (Fsp3) is 0.316. The predicted octanol–water partition coefficient (Wildman–Crippen LogP) is 1.39. The van der Waals surface area contributed by atoms with E-state index in [0.29, 0.717) is 11.5 Å². The highest BCUT2D eigenvalue weighted by Gasteiger charge is 2.42. The Morgan fingerprint density at radius 3 is 2.06 bits per heavy atom.